The Labute approximate surface area is 113 Å². The topological polar surface area (TPSA) is 83.5 Å². The van der Waals surface area contributed by atoms with Gasteiger partial charge in [0, 0.05) is 0 Å². The van der Waals surface area contributed by atoms with Crippen LogP contribution in [0.5, 0.6) is 0 Å². The summed E-state index contributed by atoms with van der Waals surface area (Å²) >= 11 is 1.51. The van der Waals surface area contributed by atoms with Crippen molar-refractivity contribution in [2.45, 2.75) is 49.8 Å². The summed E-state index contributed by atoms with van der Waals surface area (Å²) in [6, 6.07) is -0.996. The maximum Gasteiger partial charge on any atom is 0.321 e. The van der Waals surface area contributed by atoms with Gasteiger partial charge in [0.25, 0.3) is 0 Å². The van der Waals surface area contributed by atoms with Crippen LogP contribution in [-0.2, 0) is 14.8 Å². The summed E-state index contributed by atoms with van der Waals surface area (Å²) in [5.74, 6) is -0.465. The van der Waals surface area contributed by atoms with Crippen molar-refractivity contribution >= 4 is 27.8 Å². The van der Waals surface area contributed by atoms with Crippen LogP contribution >= 0.6 is 11.8 Å². The van der Waals surface area contributed by atoms with E-state index in [1.807, 2.05) is 6.26 Å². The molecule has 1 aliphatic carbocycles. The maximum absolute atomic E-state index is 12.1. The van der Waals surface area contributed by atoms with E-state index in [0.29, 0.717) is 25.0 Å². The zero-order chi connectivity index (χ0) is 13.6. The van der Waals surface area contributed by atoms with Crippen molar-refractivity contribution in [1.29, 1.82) is 0 Å². The van der Waals surface area contributed by atoms with Gasteiger partial charge < -0.3 is 5.11 Å². The molecular formula is C11H21NO4S2. The molecule has 0 aromatic rings. The van der Waals surface area contributed by atoms with E-state index in [-0.39, 0.29) is 0 Å². The molecule has 0 unspecified atom stereocenters. The van der Waals surface area contributed by atoms with Gasteiger partial charge in [-0.25, -0.2) is 13.1 Å². The minimum atomic E-state index is -3.50. The highest BCUT2D eigenvalue weighted by Crippen LogP contribution is 2.23. The molecule has 7 heteroatoms. The molecule has 0 heterocycles. The van der Waals surface area contributed by atoms with E-state index in [1.54, 1.807) is 0 Å². The highest BCUT2D eigenvalue weighted by Gasteiger charge is 2.31. The van der Waals surface area contributed by atoms with E-state index < -0.39 is 27.3 Å². The molecule has 0 radical (unpaired) electrons. The lowest BCUT2D eigenvalue weighted by atomic mass is 10.0. The zero-order valence-electron chi connectivity index (χ0n) is 10.6. The van der Waals surface area contributed by atoms with Crippen molar-refractivity contribution in [3.05, 3.63) is 0 Å². The normalized spacial score (nSPS) is 19.6. The number of hydrogen-bond acceptors (Lipinski definition) is 4. The number of hydrogen-bond donors (Lipinski definition) is 2. The highest BCUT2D eigenvalue weighted by molar-refractivity contribution is 7.98. The van der Waals surface area contributed by atoms with Crippen molar-refractivity contribution in [2.75, 3.05) is 12.0 Å². The van der Waals surface area contributed by atoms with Crippen LogP contribution in [0.15, 0.2) is 0 Å². The number of rotatable bonds is 7. The maximum atomic E-state index is 12.1. The van der Waals surface area contributed by atoms with Gasteiger partial charge in [-0.2, -0.15) is 11.8 Å². The fourth-order valence-corrected chi connectivity index (χ4v) is 4.37. The fraction of sp³-hybridized carbons (Fsp3) is 0.909. The zero-order valence-corrected chi connectivity index (χ0v) is 12.2. The van der Waals surface area contributed by atoms with E-state index in [2.05, 4.69) is 4.72 Å². The van der Waals surface area contributed by atoms with Crippen LogP contribution in [0, 0.1) is 0 Å². The third kappa shape index (κ3) is 4.78. The summed E-state index contributed by atoms with van der Waals surface area (Å²) in [6.45, 7) is 0. The molecule has 1 fully saturated rings. The lowest BCUT2D eigenvalue weighted by Crippen LogP contribution is -2.45. The Morgan fingerprint density at radius 3 is 2.50 bits per heavy atom. The molecule has 5 nitrogen and oxygen atoms in total. The molecule has 0 saturated heterocycles. The first-order valence-electron chi connectivity index (χ1n) is 6.20. The average Bonchev–Trinajstić information content (AvgIpc) is 2.35. The standard InChI is InChI=1S/C11H21NO4S2/c1-17-8-7-10(11(13)14)12-18(15,16)9-5-3-2-4-6-9/h9-10,12H,2-8H2,1H3,(H,13,14)/t10-/m0/s1. The van der Waals surface area contributed by atoms with Gasteiger partial charge in [0.05, 0.1) is 5.25 Å². The van der Waals surface area contributed by atoms with Crippen LogP contribution in [0.3, 0.4) is 0 Å². The molecule has 2 N–H and O–H groups in total. The molecule has 0 spiro atoms. The Balaban J connectivity index is 2.62. The van der Waals surface area contributed by atoms with Gasteiger partial charge in [-0.15, -0.1) is 0 Å². The molecule has 0 aromatic carbocycles. The molecule has 1 aliphatic rings. The number of thioether (sulfide) groups is 1. The van der Waals surface area contributed by atoms with Gasteiger partial charge in [-0.3, -0.25) is 4.79 Å². The molecule has 1 saturated carbocycles. The summed E-state index contributed by atoms with van der Waals surface area (Å²) in [5, 5.41) is 8.61. The summed E-state index contributed by atoms with van der Waals surface area (Å²) in [5.41, 5.74) is 0. The fourth-order valence-electron chi connectivity index (χ4n) is 2.14. The van der Waals surface area contributed by atoms with E-state index >= 15 is 0 Å². The predicted molar refractivity (Wildman–Crippen MR) is 73.4 cm³/mol. The quantitative estimate of drug-likeness (QED) is 0.742. The molecule has 106 valence electrons. The third-order valence-electron chi connectivity index (χ3n) is 3.21. The first-order chi connectivity index (χ1) is 8.47. The Kier molecular flexibility index (Phi) is 6.45. The van der Waals surface area contributed by atoms with Crippen LogP contribution in [0.1, 0.15) is 38.5 Å². The van der Waals surface area contributed by atoms with Crippen molar-refractivity contribution in [3.63, 3.8) is 0 Å². The van der Waals surface area contributed by atoms with Gasteiger partial charge in [0.15, 0.2) is 0 Å². The Bertz CT molecular complexity index is 363. The predicted octanol–water partition coefficient (Wildman–Crippen LogP) is 1.44. The van der Waals surface area contributed by atoms with Crippen LogP contribution in [0.2, 0.25) is 0 Å². The summed E-state index contributed by atoms with van der Waals surface area (Å²) in [7, 11) is -3.50. The molecule has 1 rings (SSSR count). The van der Waals surface area contributed by atoms with E-state index in [4.69, 9.17) is 5.11 Å². The Hall–Kier alpha value is -0.270. The first kappa shape index (κ1) is 15.8. The van der Waals surface area contributed by atoms with Gasteiger partial charge >= 0.3 is 5.97 Å². The summed E-state index contributed by atoms with van der Waals surface area (Å²) < 4.78 is 26.5. The van der Waals surface area contributed by atoms with Crippen molar-refractivity contribution in [1.82, 2.24) is 4.72 Å². The molecule has 0 aliphatic heterocycles. The van der Waals surface area contributed by atoms with Gasteiger partial charge in [0.2, 0.25) is 10.0 Å². The van der Waals surface area contributed by atoms with Gasteiger partial charge in [0.1, 0.15) is 6.04 Å². The number of nitrogens with one attached hydrogen (secondary N) is 1. The molecule has 0 aromatic heterocycles. The molecule has 0 amide bonds. The Morgan fingerprint density at radius 2 is 2.00 bits per heavy atom. The van der Waals surface area contributed by atoms with E-state index in [1.165, 1.54) is 11.8 Å². The number of aliphatic carboxylic acids is 1. The minimum absolute atomic E-state index is 0.322. The van der Waals surface area contributed by atoms with Crippen molar-refractivity contribution in [2.24, 2.45) is 0 Å². The number of carboxylic acids is 1. The molecule has 0 bridgehead atoms. The number of carbonyl (C=O) groups is 1. The lowest BCUT2D eigenvalue weighted by molar-refractivity contribution is -0.139. The second-order valence-corrected chi connectivity index (χ2v) is 7.57. The van der Waals surface area contributed by atoms with E-state index in [9.17, 15) is 13.2 Å². The second kappa shape index (κ2) is 7.35. The number of carboxylic acid groups (broad SMARTS) is 1. The van der Waals surface area contributed by atoms with Crippen LogP contribution < -0.4 is 4.72 Å². The third-order valence-corrected chi connectivity index (χ3v) is 5.81. The highest BCUT2D eigenvalue weighted by atomic mass is 32.2. The Morgan fingerprint density at radius 1 is 1.39 bits per heavy atom. The minimum Gasteiger partial charge on any atom is -0.480 e. The molecule has 18 heavy (non-hydrogen) atoms. The van der Waals surface area contributed by atoms with Crippen LogP contribution in [0.25, 0.3) is 0 Å². The lowest BCUT2D eigenvalue weighted by Gasteiger charge is -2.24. The van der Waals surface area contributed by atoms with Gasteiger partial charge in [-0.1, -0.05) is 19.3 Å². The smallest absolute Gasteiger partial charge is 0.321 e. The van der Waals surface area contributed by atoms with Gasteiger partial charge in [-0.05, 0) is 31.3 Å². The second-order valence-electron chi connectivity index (χ2n) is 4.60. The van der Waals surface area contributed by atoms with Crippen LogP contribution in [-0.4, -0.2) is 42.8 Å². The van der Waals surface area contributed by atoms with E-state index in [0.717, 1.165) is 19.3 Å². The average molecular weight is 295 g/mol. The number of sulfonamides is 1. The summed E-state index contributed by atoms with van der Waals surface area (Å²) in [4.78, 5) is 11.0. The molecular weight excluding hydrogens is 274 g/mol. The van der Waals surface area contributed by atoms with Crippen molar-refractivity contribution < 1.29 is 18.3 Å². The van der Waals surface area contributed by atoms with Crippen molar-refractivity contribution in [3.8, 4) is 0 Å². The summed E-state index contributed by atoms with van der Waals surface area (Å²) in [6.07, 6.45) is 6.37. The monoisotopic (exact) mass is 295 g/mol. The first-order valence-corrected chi connectivity index (χ1v) is 9.14. The SMILES string of the molecule is CSCC[C@H](NS(=O)(=O)C1CCCCC1)C(=O)O. The largest absolute Gasteiger partial charge is 0.480 e. The van der Waals surface area contributed by atoms with Crippen LogP contribution in [0.4, 0.5) is 0 Å². The molecule has 1 atom stereocenters.